The molecular weight excluding hydrogens is 338 g/mol. The summed E-state index contributed by atoms with van der Waals surface area (Å²) < 4.78 is 5.56. The Kier molecular flexibility index (Phi) is 6.19. The molecular formula is C21H29N5O. The Balaban J connectivity index is 1.53. The van der Waals surface area contributed by atoms with E-state index < -0.39 is 0 Å². The van der Waals surface area contributed by atoms with Crippen molar-refractivity contribution in [1.29, 1.82) is 0 Å². The van der Waals surface area contributed by atoms with Crippen LogP contribution in [0.25, 0.3) is 10.9 Å². The summed E-state index contributed by atoms with van der Waals surface area (Å²) in [4.78, 5) is 9.82. The molecule has 0 bridgehead atoms. The summed E-state index contributed by atoms with van der Waals surface area (Å²) in [7, 11) is 5.88. The number of fused-ring (bicyclic) bond motifs is 1. The molecule has 0 aliphatic carbocycles. The van der Waals surface area contributed by atoms with Gasteiger partial charge in [-0.05, 0) is 56.8 Å². The van der Waals surface area contributed by atoms with Crippen molar-refractivity contribution in [1.82, 2.24) is 20.5 Å². The van der Waals surface area contributed by atoms with Crippen LogP contribution in [0.3, 0.4) is 0 Å². The maximum atomic E-state index is 5.56. The molecule has 0 saturated carbocycles. The van der Waals surface area contributed by atoms with Crippen molar-refractivity contribution in [2.24, 2.45) is 4.99 Å². The summed E-state index contributed by atoms with van der Waals surface area (Å²) >= 11 is 0. The van der Waals surface area contributed by atoms with E-state index in [4.69, 9.17) is 4.42 Å². The van der Waals surface area contributed by atoms with E-state index >= 15 is 0 Å². The topological polar surface area (TPSA) is 68.6 Å². The number of aliphatic imine (C=N–C) groups is 1. The SMILES string of the molecule is CN=C(NCCc1c[nH]c2cc(C)ccc12)NCC(c1ccco1)N(C)C. The molecule has 2 heterocycles. The highest BCUT2D eigenvalue weighted by atomic mass is 16.3. The molecule has 0 fully saturated rings. The predicted octanol–water partition coefficient (Wildman–Crippen LogP) is 3.08. The fourth-order valence-electron chi connectivity index (χ4n) is 3.26. The summed E-state index contributed by atoms with van der Waals surface area (Å²) in [5.41, 5.74) is 3.78. The number of hydrogen-bond acceptors (Lipinski definition) is 3. The Morgan fingerprint density at radius 3 is 2.81 bits per heavy atom. The Morgan fingerprint density at radius 2 is 2.11 bits per heavy atom. The van der Waals surface area contributed by atoms with Gasteiger partial charge in [-0.1, -0.05) is 12.1 Å². The third kappa shape index (κ3) is 4.71. The van der Waals surface area contributed by atoms with Gasteiger partial charge in [0.25, 0.3) is 0 Å². The van der Waals surface area contributed by atoms with Crippen molar-refractivity contribution >= 4 is 16.9 Å². The number of guanidine groups is 1. The highest BCUT2D eigenvalue weighted by Gasteiger charge is 2.17. The number of nitrogens with one attached hydrogen (secondary N) is 3. The average molecular weight is 367 g/mol. The third-order valence-corrected chi connectivity index (χ3v) is 4.79. The molecule has 0 saturated heterocycles. The van der Waals surface area contributed by atoms with Gasteiger partial charge in [-0.2, -0.15) is 0 Å². The zero-order valence-corrected chi connectivity index (χ0v) is 16.5. The van der Waals surface area contributed by atoms with E-state index in [1.165, 1.54) is 22.0 Å². The van der Waals surface area contributed by atoms with Gasteiger partial charge in [0.15, 0.2) is 5.96 Å². The lowest BCUT2D eigenvalue weighted by Gasteiger charge is -2.23. The van der Waals surface area contributed by atoms with Crippen LogP contribution < -0.4 is 10.6 Å². The van der Waals surface area contributed by atoms with Crippen LogP contribution in [-0.4, -0.2) is 50.1 Å². The molecule has 6 nitrogen and oxygen atoms in total. The summed E-state index contributed by atoms with van der Waals surface area (Å²) in [6.07, 6.45) is 4.74. The van der Waals surface area contributed by atoms with E-state index in [-0.39, 0.29) is 6.04 Å². The van der Waals surface area contributed by atoms with Crippen molar-refractivity contribution in [3.8, 4) is 0 Å². The zero-order chi connectivity index (χ0) is 19.2. The van der Waals surface area contributed by atoms with Crippen LogP contribution in [0.1, 0.15) is 22.9 Å². The molecule has 27 heavy (non-hydrogen) atoms. The number of H-pyrrole nitrogens is 1. The minimum absolute atomic E-state index is 0.149. The first-order valence-electron chi connectivity index (χ1n) is 9.29. The molecule has 3 rings (SSSR count). The van der Waals surface area contributed by atoms with Crippen molar-refractivity contribution in [2.45, 2.75) is 19.4 Å². The second kappa shape index (κ2) is 8.77. The zero-order valence-electron chi connectivity index (χ0n) is 16.5. The minimum Gasteiger partial charge on any atom is -0.468 e. The number of rotatable bonds is 7. The van der Waals surface area contributed by atoms with Gasteiger partial charge in [0.1, 0.15) is 5.76 Å². The van der Waals surface area contributed by atoms with Gasteiger partial charge in [-0.3, -0.25) is 9.89 Å². The summed E-state index contributed by atoms with van der Waals surface area (Å²) in [5.74, 6) is 1.74. The van der Waals surface area contributed by atoms with E-state index in [1.807, 2.05) is 26.2 Å². The van der Waals surface area contributed by atoms with E-state index in [2.05, 4.69) is 56.8 Å². The van der Waals surface area contributed by atoms with Gasteiger partial charge >= 0.3 is 0 Å². The van der Waals surface area contributed by atoms with E-state index in [0.29, 0.717) is 6.54 Å². The van der Waals surface area contributed by atoms with Crippen LogP contribution in [0.5, 0.6) is 0 Å². The van der Waals surface area contributed by atoms with Gasteiger partial charge in [0.2, 0.25) is 0 Å². The fourth-order valence-corrected chi connectivity index (χ4v) is 3.26. The average Bonchev–Trinajstić information content (AvgIpc) is 3.30. The Hall–Kier alpha value is -2.73. The number of hydrogen-bond donors (Lipinski definition) is 3. The standard InChI is InChI=1S/C21H29N5O/c1-15-7-8-17-16(13-24-18(17)12-15)9-10-23-21(22-2)25-14-19(26(3)4)20-6-5-11-27-20/h5-8,11-13,19,24H,9-10,14H2,1-4H3,(H2,22,23,25). The number of aromatic amines is 1. The van der Waals surface area contributed by atoms with Crippen molar-refractivity contribution < 1.29 is 4.42 Å². The molecule has 3 N–H and O–H groups in total. The summed E-state index contributed by atoms with van der Waals surface area (Å²) in [5, 5.41) is 8.08. The number of aryl methyl sites for hydroxylation is 1. The number of nitrogens with zero attached hydrogens (tertiary/aromatic N) is 2. The molecule has 1 atom stereocenters. The molecule has 0 amide bonds. The second-order valence-corrected chi connectivity index (χ2v) is 6.99. The molecule has 6 heteroatoms. The fraction of sp³-hybridized carbons (Fsp3) is 0.381. The number of furan rings is 1. The maximum absolute atomic E-state index is 5.56. The lowest BCUT2D eigenvalue weighted by atomic mass is 10.1. The van der Waals surface area contributed by atoms with Gasteiger partial charge in [-0.15, -0.1) is 0 Å². The van der Waals surface area contributed by atoms with Gasteiger partial charge in [-0.25, -0.2) is 0 Å². The monoisotopic (exact) mass is 367 g/mol. The van der Waals surface area contributed by atoms with Crippen molar-refractivity contribution in [3.05, 3.63) is 59.7 Å². The minimum atomic E-state index is 0.149. The Bertz CT molecular complexity index is 879. The van der Waals surface area contributed by atoms with Gasteiger partial charge in [0.05, 0.1) is 12.3 Å². The maximum Gasteiger partial charge on any atom is 0.191 e. The largest absolute Gasteiger partial charge is 0.468 e. The molecule has 144 valence electrons. The first kappa shape index (κ1) is 19.0. The van der Waals surface area contributed by atoms with E-state index in [1.54, 1.807) is 13.3 Å². The van der Waals surface area contributed by atoms with Crippen LogP contribution in [0.15, 0.2) is 52.2 Å². The van der Waals surface area contributed by atoms with E-state index in [9.17, 15) is 0 Å². The number of aromatic nitrogens is 1. The third-order valence-electron chi connectivity index (χ3n) is 4.79. The lowest BCUT2D eigenvalue weighted by Crippen LogP contribution is -2.42. The number of benzene rings is 1. The Morgan fingerprint density at radius 1 is 1.26 bits per heavy atom. The van der Waals surface area contributed by atoms with Crippen LogP contribution in [-0.2, 0) is 6.42 Å². The van der Waals surface area contributed by atoms with Crippen LogP contribution in [0.4, 0.5) is 0 Å². The normalized spacial score (nSPS) is 13.3. The summed E-state index contributed by atoms with van der Waals surface area (Å²) in [6.45, 7) is 3.64. The molecule has 1 aromatic carbocycles. The van der Waals surface area contributed by atoms with Crippen molar-refractivity contribution in [3.63, 3.8) is 0 Å². The van der Waals surface area contributed by atoms with Gasteiger partial charge in [0, 0.05) is 37.2 Å². The molecule has 1 unspecified atom stereocenters. The molecule has 0 radical (unpaired) electrons. The van der Waals surface area contributed by atoms with Crippen LogP contribution in [0, 0.1) is 6.92 Å². The molecule has 3 aromatic rings. The van der Waals surface area contributed by atoms with Crippen molar-refractivity contribution in [2.75, 3.05) is 34.2 Å². The quantitative estimate of drug-likeness (QED) is 0.443. The number of likely N-dealkylation sites (N-methyl/N-ethyl adjacent to an activating group) is 1. The highest BCUT2D eigenvalue weighted by Crippen LogP contribution is 2.20. The first-order valence-corrected chi connectivity index (χ1v) is 9.29. The predicted molar refractivity (Wildman–Crippen MR) is 111 cm³/mol. The van der Waals surface area contributed by atoms with E-state index in [0.717, 1.165) is 24.7 Å². The molecule has 0 aliphatic heterocycles. The Labute approximate surface area is 160 Å². The molecule has 2 aromatic heterocycles. The van der Waals surface area contributed by atoms with Crippen LogP contribution >= 0.6 is 0 Å². The molecule has 0 spiro atoms. The van der Waals surface area contributed by atoms with Crippen LogP contribution in [0.2, 0.25) is 0 Å². The highest BCUT2D eigenvalue weighted by molar-refractivity contribution is 5.84. The first-order chi connectivity index (χ1) is 13.1. The second-order valence-electron chi connectivity index (χ2n) is 6.99. The lowest BCUT2D eigenvalue weighted by molar-refractivity contribution is 0.258. The smallest absolute Gasteiger partial charge is 0.191 e. The van der Waals surface area contributed by atoms with Gasteiger partial charge < -0.3 is 20.0 Å². The molecule has 0 aliphatic rings. The summed E-state index contributed by atoms with van der Waals surface area (Å²) in [6, 6.07) is 10.6.